The SMILES string of the molecule is [O-][Cl+3]([O-])([O-])Oc1ccnc2ccccc12. The van der Waals surface area contributed by atoms with Crippen LogP contribution in [0.3, 0.4) is 0 Å². The zero-order valence-electron chi connectivity index (χ0n) is 7.42. The number of para-hydroxylation sites is 1. The van der Waals surface area contributed by atoms with Gasteiger partial charge in [0.2, 0.25) is 0 Å². The molecule has 0 N–H and O–H groups in total. The molecule has 2 aromatic rings. The maximum absolute atomic E-state index is 10.4. The number of nitrogens with zero attached hydrogens (tertiary/aromatic N) is 1. The Labute approximate surface area is 87.3 Å². The number of aromatic nitrogens is 1. The van der Waals surface area contributed by atoms with Gasteiger partial charge in [-0.25, -0.2) is 0 Å². The zero-order valence-corrected chi connectivity index (χ0v) is 8.18. The summed E-state index contributed by atoms with van der Waals surface area (Å²) < 4.78 is 35.5. The summed E-state index contributed by atoms with van der Waals surface area (Å²) in [7, 11) is -4.47. The van der Waals surface area contributed by atoms with Gasteiger partial charge < -0.3 is 0 Å². The summed E-state index contributed by atoms with van der Waals surface area (Å²) in [6.07, 6.45) is 1.37. The van der Waals surface area contributed by atoms with E-state index < -0.39 is 10.2 Å². The lowest BCUT2D eigenvalue weighted by Crippen LogP contribution is -2.63. The van der Waals surface area contributed by atoms with Crippen molar-refractivity contribution >= 4 is 10.9 Å². The van der Waals surface area contributed by atoms with E-state index in [1.54, 1.807) is 24.3 Å². The third kappa shape index (κ3) is 2.34. The molecule has 0 saturated carbocycles. The molecule has 0 spiro atoms. The first-order chi connectivity index (χ1) is 7.06. The van der Waals surface area contributed by atoms with Crippen molar-refractivity contribution in [1.29, 1.82) is 0 Å². The minimum atomic E-state index is -4.47. The van der Waals surface area contributed by atoms with Crippen molar-refractivity contribution in [2.45, 2.75) is 0 Å². The van der Waals surface area contributed by atoms with Crippen LogP contribution in [0.1, 0.15) is 0 Å². The van der Waals surface area contributed by atoms with Crippen molar-refractivity contribution in [3.05, 3.63) is 36.5 Å². The van der Waals surface area contributed by atoms with Gasteiger partial charge in [0.15, 0.2) is 0 Å². The van der Waals surface area contributed by atoms with Crippen LogP contribution in [0.5, 0.6) is 5.75 Å². The maximum atomic E-state index is 10.4. The van der Waals surface area contributed by atoms with E-state index in [1.165, 1.54) is 12.3 Å². The van der Waals surface area contributed by atoms with E-state index in [0.717, 1.165) is 0 Å². The molecule has 0 bridgehead atoms. The Morgan fingerprint density at radius 2 is 1.80 bits per heavy atom. The van der Waals surface area contributed by atoms with Crippen molar-refractivity contribution in [1.82, 2.24) is 4.98 Å². The summed E-state index contributed by atoms with van der Waals surface area (Å²) in [6.45, 7) is 0. The third-order valence-electron chi connectivity index (χ3n) is 1.79. The summed E-state index contributed by atoms with van der Waals surface area (Å²) in [5.74, 6) is -0.0164. The summed E-state index contributed by atoms with van der Waals surface area (Å²) >= 11 is 0. The minimum Gasteiger partial charge on any atom is -0.256 e. The molecular formula is C9H6ClNO4. The third-order valence-corrected chi connectivity index (χ3v) is 2.14. The van der Waals surface area contributed by atoms with Crippen molar-refractivity contribution in [3.8, 4) is 5.75 Å². The number of halogens is 1. The van der Waals surface area contributed by atoms with Gasteiger partial charge in [0, 0.05) is 12.3 Å². The molecule has 0 aliphatic rings. The Hall–Kier alpha value is -1.40. The molecule has 78 valence electrons. The molecule has 5 nitrogen and oxygen atoms in total. The van der Waals surface area contributed by atoms with Gasteiger partial charge in [-0.05, 0) is 12.1 Å². The molecule has 15 heavy (non-hydrogen) atoms. The van der Waals surface area contributed by atoms with Crippen LogP contribution in [0, 0.1) is 10.2 Å². The molecule has 0 fully saturated rings. The molecule has 1 heterocycles. The molecule has 0 radical (unpaired) electrons. The van der Waals surface area contributed by atoms with Crippen molar-refractivity contribution < 1.29 is 28.5 Å². The summed E-state index contributed by atoms with van der Waals surface area (Å²) in [6, 6.07) is 8.09. The molecule has 2 rings (SSSR count). The number of rotatable bonds is 2. The average Bonchev–Trinajstić information content (AvgIpc) is 2.16. The molecular weight excluding hydrogens is 222 g/mol. The van der Waals surface area contributed by atoms with E-state index in [1.807, 2.05) is 0 Å². The van der Waals surface area contributed by atoms with E-state index in [-0.39, 0.29) is 5.75 Å². The normalized spacial score (nSPS) is 11.7. The first-order valence-corrected chi connectivity index (χ1v) is 5.24. The molecule has 0 amide bonds. The van der Waals surface area contributed by atoms with Gasteiger partial charge in [-0.2, -0.15) is 14.0 Å². The highest BCUT2D eigenvalue weighted by molar-refractivity contribution is 5.84. The molecule has 0 aliphatic heterocycles. The Bertz CT molecular complexity index is 477. The van der Waals surface area contributed by atoms with Crippen LogP contribution < -0.4 is 18.3 Å². The van der Waals surface area contributed by atoms with E-state index in [4.69, 9.17) is 0 Å². The zero-order chi connectivity index (χ0) is 10.9. The predicted molar refractivity (Wildman–Crippen MR) is 42.4 cm³/mol. The number of fused-ring (bicyclic) bond motifs is 1. The van der Waals surface area contributed by atoms with Crippen LogP contribution in [0.2, 0.25) is 0 Å². The topological polar surface area (TPSA) is 91.3 Å². The van der Waals surface area contributed by atoms with Crippen molar-refractivity contribution in [2.75, 3.05) is 0 Å². The molecule has 0 atom stereocenters. The molecule has 0 saturated heterocycles. The van der Waals surface area contributed by atoms with Gasteiger partial charge in [0.25, 0.3) is 5.75 Å². The highest BCUT2D eigenvalue weighted by atomic mass is 35.7. The summed E-state index contributed by atoms with van der Waals surface area (Å²) in [5.41, 5.74) is 0.564. The second kappa shape index (κ2) is 3.63. The highest BCUT2D eigenvalue weighted by Crippen LogP contribution is 2.24. The largest absolute Gasteiger partial charge is 0.299 e. The van der Waals surface area contributed by atoms with E-state index >= 15 is 0 Å². The van der Waals surface area contributed by atoms with Gasteiger partial charge in [0.1, 0.15) is 10.2 Å². The first-order valence-electron chi connectivity index (χ1n) is 4.00. The Morgan fingerprint density at radius 3 is 2.53 bits per heavy atom. The Balaban J connectivity index is 2.52. The minimum absolute atomic E-state index is 0.0164. The van der Waals surface area contributed by atoms with Crippen LogP contribution in [0.25, 0.3) is 10.9 Å². The van der Waals surface area contributed by atoms with Gasteiger partial charge in [-0.1, -0.05) is 16.4 Å². The quantitative estimate of drug-likeness (QED) is 0.623. The van der Waals surface area contributed by atoms with Crippen molar-refractivity contribution in [2.24, 2.45) is 0 Å². The Kier molecular flexibility index (Phi) is 2.45. The van der Waals surface area contributed by atoms with Gasteiger partial charge >= 0.3 is 0 Å². The molecule has 1 aromatic heterocycles. The van der Waals surface area contributed by atoms with Crippen LogP contribution in [0.15, 0.2) is 36.5 Å². The Morgan fingerprint density at radius 1 is 1.07 bits per heavy atom. The second-order valence-corrected chi connectivity index (χ2v) is 3.69. The van der Waals surface area contributed by atoms with Crippen LogP contribution in [-0.4, -0.2) is 4.98 Å². The van der Waals surface area contributed by atoms with Crippen molar-refractivity contribution in [3.63, 3.8) is 0 Å². The monoisotopic (exact) mass is 227 g/mol. The number of hydrogen-bond donors (Lipinski definition) is 0. The summed E-state index contributed by atoms with van der Waals surface area (Å²) in [4.78, 5) is 3.99. The van der Waals surface area contributed by atoms with Gasteiger partial charge in [0.05, 0.1) is 10.9 Å². The fourth-order valence-electron chi connectivity index (χ4n) is 1.24. The van der Waals surface area contributed by atoms with E-state index in [9.17, 15) is 14.0 Å². The molecule has 1 aromatic carbocycles. The van der Waals surface area contributed by atoms with E-state index in [0.29, 0.717) is 10.9 Å². The summed E-state index contributed by atoms with van der Waals surface area (Å²) in [5, 5.41) is 0.479. The lowest BCUT2D eigenvalue weighted by Gasteiger charge is -2.12. The second-order valence-electron chi connectivity index (χ2n) is 2.78. The van der Waals surface area contributed by atoms with Crippen LogP contribution in [0.4, 0.5) is 0 Å². The fraction of sp³-hybridized carbons (Fsp3) is 0. The smallest absolute Gasteiger partial charge is 0.256 e. The predicted octanol–water partition coefficient (Wildman–Crippen LogP) is -1.49. The molecule has 6 heteroatoms. The fourth-order valence-corrected chi connectivity index (χ4v) is 1.58. The highest BCUT2D eigenvalue weighted by Gasteiger charge is 2.21. The van der Waals surface area contributed by atoms with Crippen LogP contribution in [-0.2, 0) is 0 Å². The van der Waals surface area contributed by atoms with Gasteiger partial charge in [-0.3, -0.25) is 4.98 Å². The van der Waals surface area contributed by atoms with E-state index in [2.05, 4.69) is 9.27 Å². The number of pyridine rings is 1. The number of benzene rings is 1. The number of hydrogen-bond acceptors (Lipinski definition) is 5. The maximum Gasteiger partial charge on any atom is 0.299 e. The standard InChI is InChI=1S/C9H6ClNO4/c12-10(13,14)15-9-5-6-11-8-4-2-1-3-7(8)9/h1-6H. The molecule has 0 aliphatic carbocycles. The first kappa shape index (κ1) is 10.1. The molecule has 0 unspecified atom stereocenters. The lowest BCUT2D eigenvalue weighted by atomic mass is 10.2. The van der Waals surface area contributed by atoms with Gasteiger partial charge in [-0.15, -0.1) is 0 Å². The average molecular weight is 228 g/mol. The van der Waals surface area contributed by atoms with Crippen LogP contribution >= 0.6 is 0 Å². The lowest BCUT2D eigenvalue weighted by molar-refractivity contribution is -1.91.